The maximum atomic E-state index is 5.84. The fraction of sp³-hybridized carbons (Fsp3) is 0.524. The second-order valence-corrected chi connectivity index (χ2v) is 7.15. The van der Waals surface area contributed by atoms with Crippen molar-refractivity contribution in [3.63, 3.8) is 0 Å². The molecule has 0 saturated carbocycles. The van der Waals surface area contributed by atoms with Crippen LogP contribution in [-0.4, -0.2) is 42.9 Å². The Kier molecular flexibility index (Phi) is 6.45. The zero-order valence-electron chi connectivity index (χ0n) is 16.0. The molecule has 0 aromatic carbocycles. The molecule has 1 aliphatic heterocycles. The summed E-state index contributed by atoms with van der Waals surface area (Å²) >= 11 is 0. The minimum atomic E-state index is 0.358. The molecule has 5 heteroatoms. The van der Waals surface area contributed by atoms with Crippen LogP contribution in [0.25, 0.3) is 0 Å². The summed E-state index contributed by atoms with van der Waals surface area (Å²) in [5.41, 5.74) is 3.38. The topological polar surface area (TPSA) is 47.5 Å². The van der Waals surface area contributed by atoms with Gasteiger partial charge in [0, 0.05) is 30.4 Å². The molecule has 0 spiro atoms. The summed E-state index contributed by atoms with van der Waals surface area (Å²) in [5.74, 6) is 1.63. The maximum absolute atomic E-state index is 5.84. The van der Waals surface area contributed by atoms with E-state index in [1.165, 1.54) is 5.69 Å². The second-order valence-electron chi connectivity index (χ2n) is 7.15. The highest BCUT2D eigenvalue weighted by atomic mass is 16.5. The molecule has 2 aromatic heterocycles. The lowest BCUT2D eigenvalue weighted by Gasteiger charge is -2.28. The number of ether oxygens (including phenoxy) is 2. The van der Waals surface area contributed by atoms with Crippen LogP contribution in [0.3, 0.4) is 0 Å². The highest BCUT2D eigenvalue weighted by Gasteiger charge is 2.13. The van der Waals surface area contributed by atoms with Gasteiger partial charge >= 0.3 is 0 Å². The van der Waals surface area contributed by atoms with Gasteiger partial charge in [0.05, 0.1) is 37.9 Å². The first-order chi connectivity index (χ1) is 12.6. The fourth-order valence-corrected chi connectivity index (χ4v) is 3.02. The van der Waals surface area contributed by atoms with Gasteiger partial charge in [-0.1, -0.05) is 20.8 Å². The van der Waals surface area contributed by atoms with Crippen LogP contribution in [-0.2, 0) is 4.74 Å². The summed E-state index contributed by atoms with van der Waals surface area (Å²) in [6.07, 6.45) is 4.72. The van der Waals surface area contributed by atoms with Crippen molar-refractivity contribution < 1.29 is 9.47 Å². The van der Waals surface area contributed by atoms with Crippen molar-refractivity contribution in [2.24, 2.45) is 0 Å². The Hall–Kier alpha value is -2.14. The summed E-state index contributed by atoms with van der Waals surface area (Å²) in [7, 11) is 0. The van der Waals surface area contributed by atoms with Gasteiger partial charge in [0.2, 0.25) is 0 Å². The van der Waals surface area contributed by atoms with Crippen molar-refractivity contribution in [1.29, 1.82) is 0 Å². The number of hydrogen-bond donors (Lipinski definition) is 0. The van der Waals surface area contributed by atoms with Crippen molar-refractivity contribution in [3.8, 4) is 5.75 Å². The summed E-state index contributed by atoms with van der Waals surface area (Å²) in [5, 5.41) is 0. The van der Waals surface area contributed by atoms with E-state index in [1.807, 2.05) is 24.5 Å². The predicted molar refractivity (Wildman–Crippen MR) is 104 cm³/mol. The van der Waals surface area contributed by atoms with Gasteiger partial charge in [-0.15, -0.1) is 0 Å². The fourth-order valence-electron chi connectivity index (χ4n) is 3.02. The van der Waals surface area contributed by atoms with E-state index in [0.29, 0.717) is 18.4 Å². The van der Waals surface area contributed by atoms with Gasteiger partial charge in [0.15, 0.2) is 0 Å². The standard InChI is InChI=1S/C21H29N3O2/c1-16(2)20-7-5-19(15-23-20)26-11-8-17(3)21-6-4-18(14-22-21)24-9-12-25-13-10-24/h4-7,14-17H,8-13H2,1-3H3. The average molecular weight is 355 g/mol. The van der Waals surface area contributed by atoms with Gasteiger partial charge in [-0.05, 0) is 36.6 Å². The third kappa shape index (κ3) is 4.94. The molecule has 1 atom stereocenters. The highest BCUT2D eigenvalue weighted by Crippen LogP contribution is 2.22. The first kappa shape index (κ1) is 18.6. The molecular weight excluding hydrogens is 326 g/mol. The highest BCUT2D eigenvalue weighted by molar-refractivity contribution is 5.45. The predicted octanol–water partition coefficient (Wildman–Crippen LogP) is 4.01. The molecular formula is C21H29N3O2. The van der Waals surface area contributed by atoms with E-state index in [1.54, 1.807) is 0 Å². The van der Waals surface area contributed by atoms with Crippen LogP contribution in [0.1, 0.15) is 50.4 Å². The molecule has 0 bridgehead atoms. The third-order valence-corrected chi connectivity index (χ3v) is 4.82. The zero-order valence-corrected chi connectivity index (χ0v) is 16.0. The molecule has 140 valence electrons. The minimum Gasteiger partial charge on any atom is -0.492 e. The lowest BCUT2D eigenvalue weighted by atomic mass is 10.0. The quantitative estimate of drug-likeness (QED) is 0.751. The van der Waals surface area contributed by atoms with Crippen molar-refractivity contribution in [1.82, 2.24) is 9.97 Å². The first-order valence-electron chi connectivity index (χ1n) is 9.51. The normalized spacial score (nSPS) is 15.9. The Balaban J connectivity index is 1.47. The molecule has 1 unspecified atom stereocenters. The smallest absolute Gasteiger partial charge is 0.137 e. The zero-order chi connectivity index (χ0) is 18.4. The van der Waals surface area contributed by atoms with Gasteiger partial charge in [0.1, 0.15) is 5.75 Å². The number of nitrogens with zero attached hydrogens (tertiary/aromatic N) is 3. The monoisotopic (exact) mass is 355 g/mol. The van der Waals surface area contributed by atoms with Gasteiger partial charge in [0.25, 0.3) is 0 Å². The second kappa shape index (κ2) is 8.99. The Bertz CT molecular complexity index is 665. The molecule has 26 heavy (non-hydrogen) atoms. The number of aromatic nitrogens is 2. The third-order valence-electron chi connectivity index (χ3n) is 4.82. The lowest BCUT2D eigenvalue weighted by Crippen LogP contribution is -2.36. The van der Waals surface area contributed by atoms with Crippen LogP contribution >= 0.6 is 0 Å². The Morgan fingerprint density at radius 1 is 1.00 bits per heavy atom. The maximum Gasteiger partial charge on any atom is 0.137 e. The summed E-state index contributed by atoms with van der Waals surface area (Å²) in [6.45, 7) is 10.6. The number of pyridine rings is 2. The average Bonchev–Trinajstić information content (AvgIpc) is 2.69. The summed E-state index contributed by atoms with van der Waals surface area (Å²) in [4.78, 5) is 11.4. The Morgan fingerprint density at radius 3 is 2.35 bits per heavy atom. The lowest BCUT2D eigenvalue weighted by molar-refractivity contribution is 0.122. The van der Waals surface area contributed by atoms with Gasteiger partial charge in [-0.2, -0.15) is 0 Å². The molecule has 0 radical (unpaired) electrons. The van der Waals surface area contributed by atoms with Gasteiger partial charge < -0.3 is 14.4 Å². The van der Waals surface area contributed by atoms with Crippen molar-refractivity contribution in [2.75, 3.05) is 37.8 Å². The first-order valence-corrected chi connectivity index (χ1v) is 9.51. The Morgan fingerprint density at radius 2 is 1.73 bits per heavy atom. The molecule has 1 aliphatic rings. The van der Waals surface area contributed by atoms with E-state index in [0.717, 1.165) is 49.9 Å². The van der Waals surface area contributed by atoms with Crippen molar-refractivity contribution in [3.05, 3.63) is 48.0 Å². The molecule has 1 saturated heterocycles. The van der Waals surface area contributed by atoms with Crippen LogP contribution in [0.5, 0.6) is 5.75 Å². The van der Waals surface area contributed by atoms with E-state index >= 15 is 0 Å². The van der Waals surface area contributed by atoms with Crippen LogP contribution in [0.15, 0.2) is 36.7 Å². The van der Waals surface area contributed by atoms with Crippen molar-refractivity contribution in [2.45, 2.75) is 39.0 Å². The number of hydrogen-bond acceptors (Lipinski definition) is 5. The molecule has 2 aromatic rings. The van der Waals surface area contributed by atoms with E-state index < -0.39 is 0 Å². The minimum absolute atomic E-state index is 0.358. The summed E-state index contributed by atoms with van der Waals surface area (Å²) < 4.78 is 11.2. The largest absolute Gasteiger partial charge is 0.492 e. The molecule has 3 heterocycles. The number of anilines is 1. The van der Waals surface area contributed by atoms with E-state index in [-0.39, 0.29) is 0 Å². The molecule has 5 nitrogen and oxygen atoms in total. The van der Waals surface area contributed by atoms with Crippen molar-refractivity contribution >= 4 is 5.69 Å². The number of rotatable bonds is 7. The molecule has 1 fully saturated rings. The Labute approximate surface area is 156 Å². The van der Waals surface area contributed by atoms with Crippen LogP contribution in [0.4, 0.5) is 5.69 Å². The van der Waals surface area contributed by atoms with Crippen LogP contribution < -0.4 is 9.64 Å². The van der Waals surface area contributed by atoms with E-state index in [9.17, 15) is 0 Å². The molecule has 0 amide bonds. The summed E-state index contributed by atoms with van der Waals surface area (Å²) in [6, 6.07) is 8.34. The van der Waals surface area contributed by atoms with Gasteiger partial charge in [-0.25, -0.2) is 0 Å². The van der Waals surface area contributed by atoms with E-state index in [2.05, 4.69) is 47.8 Å². The van der Waals surface area contributed by atoms with Crippen LogP contribution in [0, 0.1) is 0 Å². The number of morpholine rings is 1. The molecule has 0 N–H and O–H groups in total. The molecule has 3 rings (SSSR count). The van der Waals surface area contributed by atoms with Gasteiger partial charge in [-0.3, -0.25) is 9.97 Å². The van der Waals surface area contributed by atoms with E-state index in [4.69, 9.17) is 9.47 Å². The molecule has 0 aliphatic carbocycles. The SMILES string of the molecule is CC(C)c1ccc(OCCC(C)c2ccc(N3CCOCC3)cn2)cn1. The van der Waals surface area contributed by atoms with Crippen LogP contribution in [0.2, 0.25) is 0 Å².